The molecule has 8 heteroatoms. The molecule has 0 bridgehead atoms. The quantitative estimate of drug-likeness (QED) is 0.805. The number of halogens is 1. The Balaban J connectivity index is 1.56. The second kappa shape index (κ2) is 8.18. The Morgan fingerprint density at radius 2 is 1.88 bits per heavy atom. The summed E-state index contributed by atoms with van der Waals surface area (Å²) in [6.07, 6.45) is 3.53. The molecule has 2 aromatic heterocycles. The van der Waals surface area contributed by atoms with E-state index in [1.807, 2.05) is 49.8 Å². The maximum atomic E-state index is 12.6. The van der Waals surface area contributed by atoms with E-state index in [4.69, 9.17) is 0 Å². The lowest BCUT2D eigenvalue weighted by Crippen LogP contribution is -2.53. The third-order valence-corrected chi connectivity index (χ3v) is 5.16. The Morgan fingerprint density at radius 3 is 2.50 bits per heavy atom. The molecule has 1 N–H and O–H groups in total. The van der Waals surface area contributed by atoms with E-state index in [1.54, 1.807) is 6.20 Å². The Kier molecular flexibility index (Phi) is 5.93. The number of carbonyl (C=O) groups is 1. The third kappa shape index (κ3) is 4.24. The van der Waals surface area contributed by atoms with E-state index >= 15 is 0 Å². The van der Waals surface area contributed by atoms with E-state index in [0.29, 0.717) is 0 Å². The average Bonchev–Trinajstić information content (AvgIpc) is 3.10. The van der Waals surface area contributed by atoms with Crippen LogP contribution < -0.4 is 10.2 Å². The second-order valence-corrected chi connectivity index (χ2v) is 7.69. The van der Waals surface area contributed by atoms with Gasteiger partial charge in [0, 0.05) is 49.0 Å². The van der Waals surface area contributed by atoms with Crippen molar-refractivity contribution in [1.29, 1.82) is 0 Å². The van der Waals surface area contributed by atoms with Crippen LogP contribution in [0.3, 0.4) is 0 Å². The van der Waals surface area contributed by atoms with E-state index in [2.05, 4.69) is 41.1 Å². The van der Waals surface area contributed by atoms with Crippen LogP contribution in [0, 0.1) is 0 Å². The number of amides is 1. The predicted molar refractivity (Wildman–Crippen MR) is 106 cm³/mol. The number of nitrogens with one attached hydrogen (secondary N) is 1. The zero-order chi connectivity index (χ0) is 18.7. The Hall–Kier alpha value is -1.93. The number of aromatic nitrogens is 3. The Bertz CT molecular complexity index is 736. The first-order valence-corrected chi connectivity index (χ1v) is 9.70. The summed E-state index contributed by atoms with van der Waals surface area (Å²) >= 11 is 3.41. The van der Waals surface area contributed by atoms with E-state index in [0.717, 1.165) is 42.3 Å². The molecule has 0 aromatic carbocycles. The summed E-state index contributed by atoms with van der Waals surface area (Å²) in [5.74, 6) is 1.72. The molecular weight excluding hydrogens is 396 g/mol. The fraction of sp³-hybridized carbons (Fsp3) is 0.500. The predicted octanol–water partition coefficient (Wildman–Crippen LogP) is 2.77. The summed E-state index contributed by atoms with van der Waals surface area (Å²) in [5, 5.41) is 7.27. The normalized spacial score (nSPS) is 16.7. The van der Waals surface area contributed by atoms with Gasteiger partial charge in [-0.25, -0.2) is 9.67 Å². The zero-order valence-corrected chi connectivity index (χ0v) is 17.0. The number of hydrogen-bond donors (Lipinski definition) is 1. The fourth-order valence-corrected chi connectivity index (χ4v) is 3.35. The van der Waals surface area contributed by atoms with E-state index in [-0.39, 0.29) is 18.0 Å². The van der Waals surface area contributed by atoms with Crippen LogP contribution in [-0.4, -0.2) is 57.8 Å². The molecule has 1 aliphatic rings. The summed E-state index contributed by atoms with van der Waals surface area (Å²) in [6.45, 7) is 9.42. The van der Waals surface area contributed by atoms with Crippen LogP contribution in [0.5, 0.6) is 0 Å². The molecule has 3 rings (SSSR count). The molecule has 2 aromatic rings. The van der Waals surface area contributed by atoms with Gasteiger partial charge in [0.25, 0.3) is 0 Å². The number of hydrogen-bond acceptors (Lipinski definition) is 5. The van der Waals surface area contributed by atoms with Crippen LogP contribution >= 0.6 is 15.9 Å². The van der Waals surface area contributed by atoms with Crippen LogP contribution in [0.4, 0.5) is 11.6 Å². The number of rotatable bonds is 5. The van der Waals surface area contributed by atoms with Gasteiger partial charge < -0.3 is 10.2 Å². The van der Waals surface area contributed by atoms with Crippen LogP contribution in [0.2, 0.25) is 0 Å². The van der Waals surface area contributed by atoms with Crippen molar-refractivity contribution in [3.8, 4) is 0 Å². The molecular formula is C18H25BrN6O. The van der Waals surface area contributed by atoms with Crippen LogP contribution in [0.25, 0.3) is 0 Å². The van der Waals surface area contributed by atoms with Crippen LogP contribution in [0.15, 0.2) is 35.1 Å². The summed E-state index contributed by atoms with van der Waals surface area (Å²) in [6, 6.07) is 5.87. The minimum absolute atomic E-state index is 0.00242. The number of nitrogens with zero attached hydrogens (tertiary/aromatic N) is 5. The molecule has 1 aliphatic heterocycles. The lowest BCUT2D eigenvalue weighted by atomic mass is 10.2. The highest BCUT2D eigenvalue weighted by Crippen LogP contribution is 2.18. The van der Waals surface area contributed by atoms with Crippen molar-refractivity contribution >= 4 is 33.5 Å². The van der Waals surface area contributed by atoms with Crippen molar-refractivity contribution in [2.24, 2.45) is 0 Å². The molecule has 0 aliphatic carbocycles. The monoisotopic (exact) mass is 420 g/mol. The average molecular weight is 421 g/mol. The molecule has 0 spiro atoms. The highest BCUT2D eigenvalue weighted by Gasteiger charge is 2.26. The topological polar surface area (TPSA) is 66.3 Å². The van der Waals surface area contributed by atoms with Gasteiger partial charge in [0.15, 0.2) is 0 Å². The van der Waals surface area contributed by atoms with Gasteiger partial charge in [0.2, 0.25) is 5.91 Å². The van der Waals surface area contributed by atoms with Gasteiger partial charge in [-0.1, -0.05) is 0 Å². The molecule has 0 saturated carbocycles. The maximum absolute atomic E-state index is 12.6. The first-order chi connectivity index (χ1) is 12.5. The van der Waals surface area contributed by atoms with Gasteiger partial charge >= 0.3 is 0 Å². The van der Waals surface area contributed by atoms with E-state index in [1.165, 1.54) is 0 Å². The van der Waals surface area contributed by atoms with Gasteiger partial charge in [-0.2, -0.15) is 5.10 Å². The third-order valence-electron chi connectivity index (χ3n) is 4.69. The molecule has 1 saturated heterocycles. The zero-order valence-electron chi connectivity index (χ0n) is 15.4. The van der Waals surface area contributed by atoms with Crippen molar-refractivity contribution in [1.82, 2.24) is 19.7 Å². The van der Waals surface area contributed by atoms with Crippen molar-refractivity contribution in [3.63, 3.8) is 0 Å². The van der Waals surface area contributed by atoms with Crippen molar-refractivity contribution in [2.45, 2.75) is 32.9 Å². The van der Waals surface area contributed by atoms with E-state index in [9.17, 15) is 4.79 Å². The lowest BCUT2D eigenvalue weighted by molar-refractivity contribution is -0.120. The number of carbonyl (C=O) groups excluding carboxylic acids is 1. The number of piperazine rings is 1. The SMILES string of the molecule is CC(C(=O)Nc1ccnn1C(C)C)N1CCN(c2ccc(Br)cn2)CC1. The highest BCUT2D eigenvalue weighted by molar-refractivity contribution is 9.10. The second-order valence-electron chi connectivity index (χ2n) is 6.78. The fourth-order valence-electron chi connectivity index (χ4n) is 3.11. The minimum atomic E-state index is -0.189. The first kappa shape index (κ1) is 18.8. The lowest BCUT2D eigenvalue weighted by Gasteiger charge is -2.38. The van der Waals surface area contributed by atoms with Gasteiger partial charge in [0.1, 0.15) is 11.6 Å². The molecule has 1 fully saturated rings. The van der Waals surface area contributed by atoms with Crippen LogP contribution in [-0.2, 0) is 4.79 Å². The highest BCUT2D eigenvalue weighted by atomic mass is 79.9. The van der Waals surface area contributed by atoms with Crippen molar-refractivity contribution in [3.05, 3.63) is 35.1 Å². The molecule has 7 nitrogen and oxygen atoms in total. The summed E-state index contributed by atoms with van der Waals surface area (Å²) < 4.78 is 2.80. The van der Waals surface area contributed by atoms with Crippen LogP contribution in [0.1, 0.15) is 26.8 Å². The standard InChI is InChI=1S/C18H25BrN6O/c1-13(2)25-17(6-7-21-25)22-18(26)14(3)23-8-10-24(11-9-23)16-5-4-15(19)12-20-16/h4-7,12-14H,8-11H2,1-3H3,(H,22,26). The first-order valence-electron chi connectivity index (χ1n) is 8.90. The van der Waals surface area contributed by atoms with E-state index < -0.39 is 0 Å². The number of anilines is 2. The van der Waals surface area contributed by atoms with Crippen molar-refractivity contribution in [2.75, 3.05) is 36.4 Å². The molecule has 26 heavy (non-hydrogen) atoms. The summed E-state index contributed by atoms with van der Waals surface area (Å²) in [5.41, 5.74) is 0. The largest absolute Gasteiger partial charge is 0.354 e. The molecule has 1 amide bonds. The van der Waals surface area contributed by atoms with Gasteiger partial charge in [-0.15, -0.1) is 0 Å². The maximum Gasteiger partial charge on any atom is 0.242 e. The summed E-state index contributed by atoms with van der Waals surface area (Å²) in [4.78, 5) is 21.6. The minimum Gasteiger partial charge on any atom is -0.354 e. The molecule has 0 radical (unpaired) electrons. The van der Waals surface area contributed by atoms with Gasteiger partial charge in [-0.05, 0) is 48.8 Å². The molecule has 1 unspecified atom stereocenters. The molecule has 140 valence electrons. The van der Waals surface area contributed by atoms with Gasteiger partial charge in [0.05, 0.1) is 12.2 Å². The summed E-state index contributed by atoms with van der Waals surface area (Å²) in [7, 11) is 0. The van der Waals surface area contributed by atoms with Crippen molar-refractivity contribution < 1.29 is 4.79 Å². The molecule has 1 atom stereocenters. The Morgan fingerprint density at radius 1 is 1.15 bits per heavy atom. The molecule has 3 heterocycles. The number of pyridine rings is 1. The smallest absolute Gasteiger partial charge is 0.242 e. The Labute approximate surface area is 162 Å². The van der Waals surface area contributed by atoms with Gasteiger partial charge in [-0.3, -0.25) is 9.69 Å².